The van der Waals surface area contributed by atoms with Gasteiger partial charge in [-0.1, -0.05) is 12.1 Å². The van der Waals surface area contributed by atoms with Crippen molar-refractivity contribution in [1.29, 1.82) is 0 Å². The molecule has 0 saturated carbocycles. The van der Waals surface area contributed by atoms with Gasteiger partial charge >= 0.3 is 6.03 Å². The number of hydrogen-bond donors (Lipinski definition) is 2. The smallest absolute Gasteiger partial charge is 0.319 e. The average molecular weight is 342 g/mol. The fourth-order valence-electron chi connectivity index (χ4n) is 3.18. The van der Waals surface area contributed by atoms with Crippen molar-refractivity contribution in [3.63, 3.8) is 0 Å². The molecule has 1 aliphatic heterocycles. The molecule has 1 fully saturated rings. The minimum absolute atomic E-state index is 0.0212. The summed E-state index contributed by atoms with van der Waals surface area (Å²) in [7, 11) is 0. The molecule has 2 N–H and O–H groups in total. The van der Waals surface area contributed by atoms with E-state index in [1.54, 1.807) is 12.1 Å². The first kappa shape index (κ1) is 17.2. The molecule has 6 heteroatoms. The number of carbonyl (C=O) groups is 1. The van der Waals surface area contributed by atoms with E-state index in [1.165, 1.54) is 6.07 Å². The summed E-state index contributed by atoms with van der Waals surface area (Å²) in [5, 5.41) is 5.83. The van der Waals surface area contributed by atoms with E-state index in [0.717, 1.165) is 30.8 Å². The maximum atomic E-state index is 14.0. The lowest BCUT2D eigenvalue weighted by atomic mass is 10.0. The van der Waals surface area contributed by atoms with E-state index in [0.29, 0.717) is 17.9 Å². The Labute approximate surface area is 147 Å². The van der Waals surface area contributed by atoms with Crippen molar-refractivity contribution >= 4 is 17.4 Å². The van der Waals surface area contributed by atoms with Crippen LogP contribution in [0.3, 0.4) is 0 Å². The Morgan fingerprint density at radius 3 is 2.80 bits per heavy atom. The summed E-state index contributed by atoms with van der Waals surface area (Å²) in [5.74, 6) is -0.228. The van der Waals surface area contributed by atoms with Gasteiger partial charge in [0.05, 0.1) is 17.1 Å². The van der Waals surface area contributed by atoms with Crippen LogP contribution in [0, 0.1) is 19.7 Å². The number of benzene rings is 1. The Hall–Kier alpha value is -2.63. The summed E-state index contributed by atoms with van der Waals surface area (Å²) in [4.78, 5) is 18.6. The second-order valence-electron chi connectivity index (χ2n) is 6.42. The first-order valence-electron chi connectivity index (χ1n) is 8.54. The minimum atomic E-state index is -0.255. The number of aryl methyl sites for hydroxylation is 2. The van der Waals surface area contributed by atoms with Gasteiger partial charge in [0.15, 0.2) is 0 Å². The third-order valence-electron chi connectivity index (χ3n) is 4.42. The lowest BCUT2D eigenvalue weighted by molar-refractivity contribution is 0.246. The van der Waals surface area contributed by atoms with E-state index in [1.807, 2.05) is 36.9 Å². The van der Waals surface area contributed by atoms with Crippen molar-refractivity contribution in [1.82, 2.24) is 10.3 Å². The number of nitrogens with one attached hydrogen (secondary N) is 2. The quantitative estimate of drug-likeness (QED) is 0.895. The zero-order valence-corrected chi connectivity index (χ0v) is 14.6. The minimum Gasteiger partial charge on any atom is -0.367 e. The first-order chi connectivity index (χ1) is 12.0. The van der Waals surface area contributed by atoms with Crippen molar-refractivity contribution in [3.05, 3.63) is 53.6 Å². The lowest BCUT2D eigenvalue weighted by Crippen LogP contribution is -2.49. The molecular formula is C19H23FN4O. The zero-order chi connectivity index (χ0) is 17.8. The third-order valence-corrected chi connectivity index (χ3v) is 4.42. The average Bonchev–Trinajstić information content (AvgIpc) is 2.58. The number of carbonyl (C=O) groups excluding carboxylic acids is 1. The molecule has 1 aliphatic rings. The van der Waals surface area contributed by atoms with Gasteiger partial charge < -0.3 is 15.5 Å². The van der Waals surface area contributed by atoms with Gasteiger partial charge in [0.2, 0.25) is 0 Å². The van der Waals surface area contributed by atoms with Crippen molar-refractivity contribution in [3.8, 4) is 0 Å². The highest BCUT2D eigenvalue weighted by molar-refractivity contribution is 5.90. The number of pyridine rings is 1. The molecule has 2 aromatic rings. The predicted molar refractivity (Wildman–Crippen MR) is 97.5 cm³/mol. The van der Waals surface area contributed by atoms with E-state index in [9.17, 15) is 9.18 Å². The molecule has 5 nitrogen and oxygen atoms in total. The highest BCUT2D eigenvalue weighted by Gasteiger charge is 2.23. The summed E-state index contributed by atoms with van der Waals surface area (Å²) in [5.41, 5.74) is 2.99. The number of aromatic nitrogens is 1. The monoisotopic (exact) mass is 342 g/mol. The molecule has 0 radical (unpaired) electrons. The van der Waals surface area contributed by atoms with Crippen LogP contribution in [0.1, 0.15) is 24.2 Å². The molecule has 132 valence electrons. The molecule has 1 saturated heterocycles. The zero-order valence-electron chi connectivity index (χ0n) is 14.6. The lowest BCUT2D eigenvalue weighted by Gasteiger charge is -2.34. The summed E-state index contributed by atoms with van der Waals surface area (Å²) >= 11 is 0. The van der Waals surface area contributed by atoms with Crippen molar-refractivity contribution in [2.24, 2.45) is 0 Å². The van der Waals surface area contributed by atoms with Gasteiger partial charge in [-0.15, -0.1) is 0 Å². The number of amides is 2. The summed E-state index contributed by atoms with van der Waals surface area (Å²) in [6.07, 6.45) is 1.79. The molecule has 0 aliphatic carbocycles. The van der Waals surface area contributed by atoms with Gasteiger partial charge in [-0.3, -0.25) is 4.98 Å². The molecular weight excluding hydrogens is 319 g/mol. The fourth-order valence-corrected chi connectivity index (χ4v) is 3.18. The third kappa shape index (κ3) is 4.26. The fraction of sp³-hybridized carbons (Fsp3) is 0.368. The second-order valence-corrected chi connectivity index (χ2v) is 6.42. The highest BCUT2D eigenvalue weighted by atomic mass is 19.1. The molecule has 1 aromatic carbocycles. The Morgan fingerprint density at radius 1 is 1.24 bits per heavy atom. The van der Waals surface area contributed by atoms with Gasteiger partial charge in [0.1, 0.15) is 5.82 Å². The summed E-state index contributed by atoms with van der Waals surface area (Å²) < 4.78 is 14.0. The van der Waals surface area contributed by atoms with Gasteiger partial charge in [-0.05, 0) is 51.0 Å². The van der Waals surface area contributed by atoms with Crippen LogP contribution >= 0.6 is 0 Å². The van der Waals surface area contributed by atoms with Gasteiger partial charge in [0.25, 0.3) is 0 Å². The van der Waals surface area contributed by atoms with Crippen molar-refractivity contribution in [2.45, 2.75) is 32.7 Å². The van der Waals surface area contributed by atoms with Gasteiger partial charge in [0, 0.05) is 24.8 Å². The van der Waals surface area contributed by atoms with Gasteiger partial charge in [-0.2, -0.15) is 0 Å². The first-order valence-corrected chi connectivity index (χ1v) is 8.54. The molecule has 25 heavy (non-hydrogen) atoms. The Kier molecular flexibility index (Phi) is 5.16. The maximum Gasteiger partial charge on any atom is 0.319 e. The van der Waals surface area contributed by atoms with E-state index in [-0.39, 0.29) is 17.9 Å². The Morgan fingerprint density at radius 2 is 2.04 bits per heavy atom. The highest BCUT2D eigenvalue weighted by Crippen LogP contribution is 2.23. The number of rotatable bonds is 3. The van der Waals surface area contributed by atoms with Crippen LogP contribution in [0.5, 0.6) is 0 Å². The predicted octanol–water partition coefficient (Wildman–Crippen LogP) is 3.63. The molecule has 0 spiro atoms. The Bertz CT molecular complexity index is 765. The molecule has 2 amide bonds. The van der Waals surface area contributed by atoms with E-state index in [4.69, 9.17) is 0 Å². The van der Waals surface area contributed by atoms with Gasteiger partial charge in [-0.25, -0.2) is 9.18 Å². The number of nitrogens with zero attached hydrogens (tertiary/aromatic N) is 2. The normalized spacial score (nSPS) is 17.2. The molecule has 3 rings (SSSR count). The number of urea groups is 1. The number of piperidine rings is 1. The van der Waals surface area contributed by atoms with Crippen molar-refractivity contribution < 1.29 is 9.18 Å². The largest absolute Gasteiger partial charge is 0.367 e. The van der Waals surface area contributed by atoms with Crippen LogP contribution in [0.15, 0.2) is 36.4 Å². The van der Waals surface area contributed by atoms with E-state index in [2.05, 4.69) is 15.6 Å². The topological polar surface area (TPSA) is 57.3 Å². The molecule has 2 heterocycles. The molecule has 0 bridgehead atoms. The van der Waals surface area contributed by atoms with Crippen LogP contribution < -0.4 is 15.5 Å². The van der Waals surface area contributed by atoms with Crippen LogP contribution in [0.4, 0.5) is 20.6 Å². The SMILES string of the molecule is Cc1ccc(NC(=O)NC2CCCN(c3ccccc3F)C2)c(C)n1. The Balaban J connectivity index is 1.60. The van der Waals surface area contributed by atoms with E-state index < -0.39 is 0 Å². The molecule has 1 atom stereocenters. The van der Waals surface area contributed by atoms with Crippen molar-refractivity contribution in [2.75, 3.05) is 23.3 Å². The number of para-hydroxylation sites is 1. The van der Waals surface area contributed by atoms with Crippen LogP contribution in [-0.2, 0) is 0 Å². The molecule has 1 unspecified atom stereocenters. The summed E-state index contributed by atoms with van der Waals surface area (Å²) in [6.45, 7) is 5.17. The van der Waals surface area contributed by atoms with Crippen LogP contribution in [0.2, 0.25) is 0 Å². The van der Waals surface area contributed by atoms with E-state index >= 15 is 0 Å². The maximum absolute atomic E-state index is 14.0. The summed E-state index contributed by atoms with van der Waals surface area (Å²) in [6, 6.07) is 10.2. The number of halogens is 1. The standard InChI is InChI=1S/C19H23FN4O/c1-13-9-10-17(14(2)21-13)23-19(25)22-15-6-5-11-24(12-15)18-8-4-3-7-16(18)20/h3-4,7-10,15H,5-6,11-12H2,1-2H3,(H2,22,23,25). The molecule has 1 aromatic heterocycles. The number of anilines is 2. The van der Waals surface area contributed by atoms with Crippen LogP contribution in [-0.4, -0.2) is 30.1 Å². The second kappa shape index (κ2) is 7.51. The number of hydrogen-bond acceptors (Lipinski definition) is 3. The van der Waals surface area contributed by atoms with Crippen LogP contribution in [0.25, 0.3) is 0 Å².